The Hall–Kier alpha value is -1.91. The van der Waals surface area contributed by atoms with Gasteiger partial charge in [0, 0.05) is 11.2 Å². The Kier molecular flexibility index (Phi) is 2.97. The Labute approximate surface area is 115 Å². The Balaban J connectivity index is 2.34. The number of nitrogens with zero attached hydrogens (tertiary/aromatic N) is 3. The Morgan fingerprint density at radius 2 is 2.16 bits per heavy atom. The molecule has 0 aliphatic heterocycles. The van der Waals surface area contributed by atoms with E-state index in [1.165, 1.54) is 0 Å². The largest absolute Gasteiger partial charge is 0.324 e. The summed E-state index contributed by atoms with van der Waals surface area (Å²) in [5.41, 5.74) is 9.52. The van der Waals surface area contributed by atoms with Gasteiger partial charge in [0.25, 0.3) is 0 Å². The number of benzene rings is 1. The fourth-order valence-corrected chi connectivity index (χ4v) is 2.45. The highest BCUT2D eigenvalue weighted by molar-refractivity contribution is 6.30. The molecule has 5 heteroatoms. The van der Waals surface area contributed by atoms with Gasteiger partial charge in [-0.1, -0.05) is 11.6 Å². The van der Waals surface area contributed by atoms with Crippen LogP contribution in [0.25, 0.3) is 16.9 Å². The first-order valence-electron chi connectivity index (χ1n) is 5.99. The van der Waals surface area contributed by atoms with E-state index in [2.05, 4.69) is 9.97 Å². The van der Waals surface area contributed by atoms with E-state index in [-0.39, 0.29) is 0 Å². The first-order chi connectivity index (χ1) is 9.20. The molecule has 0 saturated heterocycles. The average Bonchev–Trinajstić information content (AvgIpc) is 2.77. The lowest BCUT2D eigenvalue weighted by molar-refractivity contribution is 0.873. The molecule has 0 fully saturated rings. The van der Waals surface area contributed by atoms with Gasteiger partial charge in [-0.25, -0.2) is 9.97 Å². The maximum absolute atomic E-state index is 6.01. The minimum atomic E-state index is 0.360. The van der Waals surface area contributed by atoms with Crippen molar-refractivity contribution < 1.29 is 0 Å². The first-order valence-corrected chi connectivity index (χ1v) is 6.37. The van der Waals surface area contributed by atoms with Crippen LogP contribution >= 0.6 is 11.6 Å². The molecule has 0 aliphatic carbocycles. The molecule has 0 aliphatic rings. The van der Waals surface area contributed by atoms with Crippen molar-refractivity contribution in [1.82, 2.24) is 14.5 Å². The second kappa shape index (κ2) is 4.64. The molecule has 2 N–H and O–H groups in total. The van der Waals surface area contributed by atoms with Crippen LogP contribution in [-0.2, 0) is 6.54 Å². The summed E-state index contributed by atoms with van der Waals surface area (Å²) in [6.07, 6.45) is 1.76. The van der Waals surface area contributed by atoms with Crippen LogP contribution in [0.5, 0.6) is 0 Å². The molecule has 19 heavy (non-hydrogen) atoms. The molecule has 3 aromatic rings. The zero-order chi connectivity index (χ0) is 13.4. The van der Waals surface area contributed by atoms with Crippen LogP contribution < -0.4 is 5.73 Å². The summed E-state index contributed by atoms with van der Waals surface area (Å²) >= 11 is 6.01. The van der Waals surface area contributed by atoms with E-state index in [0.29, 0.717) is 11.6 Å². The molecule has 96 valence electrons. The van der Waals surface area contributed by atoms with E-state index in [1.54, 1.807) is 6.20 Å². The topological polar surface area (TPSA) is 56.7 Å². The van der Waals surface area contributed by atoms with Gasteiger partial charge in [-0.3, -0.25) is 4.57 Å². The van der Waals surface area contributed by atoms with E-state index in [0.717, 1.165) is 28.2 Å². The van der Waals surface area contributed by atoms with E-state index in [1.807, 2.05) is 41.8 Å². The smallest absolute Gasteiger partial charge is 0.164 e. The van der Waals surface area contributed by atoms with Crippen molar-refractivity contribution in [3.05, 3.63) is 52.9 Å². The minimum absolute atomic E-state index is 0.360. The number of hydrogen-bond donors (Lipinski definition) is 1. The van der Waals surface area contributed by atoms with Crippen LogP contribution in [0, 0.1) is 6.92 Å². The van der Waals surface area contributed by atoms with Gasteiger partial charge < -0.3 is 5.73 Å². The number of aryl methyl sites for hydroxylation is 1. The zero-order valence-electron chi connectivity index (χ0n) is 10.5. The summed E-state index contributed by atoms with van der Waals surface area (Å²) in [7, 11) is 0. The van der Waals surface area contributed by atoms with Gasteiger partial charge in [0.2, 0.25) is 0 Å². The molecule has 0 saturated carbocycles. The fraction of sp³-hybridized carbons (Fsp3) is 0.143. The van der Waals surface area contributed by atoms with Gasteiger partial charge in [0.15, 0.2) is 5.65 Å². The van der Waals surface area contributed by atoms with Crippen molar-refractivity contribution >= 4 is 22.8 Å². The quantitative estimate of drug-likeness (QED) is 0.780. The number of hydrogen-bond acceptors (Lipinski definition) is 3. The number of imidazole rings is 1. The van der Waals surface area contributed by atoms with Gasteiger partial charge in [0.05, 0.1) is 12.2 Å². The second-order valence-corrected chi connectivity index (χ2v) is 4.78. The lowest BCUT2D eigenvalue weighted by Gasteiger charge is -2.10. The van der Waals surface area contributed by atoms with Gasteiger partial charge in [0.1, 0.15) is 11.3 Å². The van der Waals surface area contributed by atoms with E-state index < -0.39 is 0 Å². The highest BCUT2D eigenvalue weighted by Gasteiger charge is 2.13. The summed E-state index contributed by atoms with van der Waals surface area (Å²) in [5, 5.41) is 0.716. The predicted octanol–water partition coefficient (Wildman–Crippen LogP) is 2.84. The second-order valence-electron chi connectivity index (χ2n) is 4.34. The third-order valence-electron chi connectivity index (χ3n) is 3.07. The summed E-state index contributed by atoms with van der Waals surface area (Å²) in [4.78, 5) is 8.92. The van der Waals surface area contributed by atoms with Crippen molar-refractivity contribution in [3.8, 4) is 5.69 Å². The van der Waals surface area contributed by atoms with Crippen molar-refractivity contribution in [2.24, 2.45) is 5.73 Å². The molecule has 0 amide bonds. The molecule has 0 radical (unpaired) electrons. The summed E-state index contributed by atoms with van der Waals surface area (Å²) in [6.45, 7) is 2.37. The van der Waals surface area contributed by atoms with Crippen LogP contribution in [0.15, 0.2) is 36.5 Å². The van der Waals surface area contributed by atoms with Crippen LogP contribution in [0.3, 0.4) is 0 Å². The fourth-order valence-electron chi connectivity index (χ4n) is 2.22. The molecule has 3 rings (SSSR count). The van der Waals surface area contributed by atoms with E-state index in [4.69, 9.17) is 17.3 Å². The lowest BCUT2D eigenvalue weighted by atomic mass is 10.2. The number of fused-ring (bicyclic) bond motifs is 1. The molecule has 2 heterocycles. The number of halogens is 1. The third kappa shape index (κ3) is 1.99. The molecule has 1 aromatic carbocycles. The van der Waals surface area contributed by atoms with Gasteiger partial charge in [-0.2, -0.15) is 0 Å². The Morgan fingerprint density at radius 3 is 2.89 bits per heavy atom. The van der Waals surface area contributed by atoms with Crippen LogP contribution in [-0.4, -0.2) is 14.5 Å². The van der Waals surface area contributed by atoms with Crippen LogP contribution in [0.1, 0.15) is 11.4 Å². The normalized spacial score (nSPS) is 11.1. The predicted molar refractivity (Wildman–Crippen MR) is 76.5 cm³/mol. The lowest BCUT2D eigenvalue weighted by Crippen LogP contribution is -2.08. The number of rotatable bonds is 2. The van der Waals surface area contributed by atoms with Crippen LogP contribution in [0.4, 0.5) is 0 Å². The molecule has 0 bridgehead atoms. The first kappa shape index (κ1) is 12.1. The van der Waals surface area contributed by atoms with Gasteiger partial charge >= 0.3 is 0 Å². The molecular formula is C14H13ClN4. The Bertz CT molecular complexity index is 748. The highest BCUT2D eigenvalue weighted by Crippen LogP contribution is 2.24. The SMILES string of the molecule is Cc1cc(Cl)ccc1-n1c(CN)nc2cccnc21. The monoisotopic (exact) mass is 272 g/mol. The molecule has 0 atom stereocenters. The van der Waals surface area contributed by atoms with E-state index >= 15 is 0 Å². The number of aromatic nitrogens is 3. The maximum atomic E-state index is 6.01. The molecule has 0 unspecified atom stereocenters. The van der Waals surface area contributed by atoms with Crippen molar-refractivity contribution in [3.63, 3.8) is 0 Å². The van der Waals surface area contributed by atoms with Gasteiger partial charge in [-0.15, -0.1) is 0 Å². The van der Waals surface area contributed by atoms with Crippen molar-refractivity contribution in [2.75, 3.05) is 0 Å². The molecule has 4 nitrogen and oxygen atoms in total. The van der Waals surface area contributed by atoms with Gasteiger partial charge in [-0.05, 0) is 42.8 Å². The maximum Gasteiger partial charge on any atom is 0.164 e. The number of pyridine rings is 1. The minimum Gasteiger partial charge on any atom is -0.324 e. The molecule has 0 spiro atoms. The summed E-state index contributed by atoms with van der Waals surface area (Å²) in [5.74, 6) is 0.791. The van der Waals surface area contributed by atoms with Crippen molar-refractivity contribution in [2.45, 2.75) is 13.5 Å². The molecule has 2 aromatic heterocycles. The summed E-state index contributed by atoms with van der Waals surface area (Å²) < 4.78 is 1.99. The third-order valence-corrected chi connectivity index (χ3v) is 3.30. The molecular weight excluding hydrogens is 260 g/mol. The van der Waals surface area contributed by atoms with Crippen molar-refractivity contribution in [1.29, 1.82) is 0 Å². The number of nitrogens with two attached hydrogens (primary N) is 1. The summed E-state index contributed by atoms with van der Waals surface area (Å²) in [6, 6.07) is 9.55. The standard InChI is InChI=1S/C14H13ClN4/c1-9-7-10(15)4-5-12(9)19-13(8-16)18-11-3-2-6-17-14(11)19/h2-7H,8,16H2,1H3. The van der Waals surface area contributed by atoms with E-state index in [9.17, 15) is 0 Å². The zero-order valence-corrected chi connectivity index (χ0v) is 11.2. The highest BCUT2D eigenvalue weighted by atomic mass is 35.5. The average molecular weight is 273 g/mol. The van der Waals surface area contributed by atoms with Crippen LogP contribution in [0.2, 0.25) is 5.02 Å². The Morgan fingerprint density at radius 1 is 1.32 bits per heavy atom.